The molecule has 0 atom stereocenters. The second kappa shape index (κ2) is 4.84. The third kappa shape index (κ3) is 2.05. The molecule has 0 saturated carbocycles. The zero-order valence-corrected chi connectivity index (χ0v) is 10.2. The van der Waals surface area contributed by atoms with Crippen molar-refractivity contribution in [3.05, 3.63) is 29.9 Å². The number of halogens is 1. The lowest BCUT2D eigenvalue weighted by Gasteiger charge is -2.42. The maximum Gasteiger partial charge on any atom is 0.128 e. The third-order valence-corrected chi connectivity index (χ3v) is 3.41. The molecule has 1 aromatic rings. The average molecular weight is 255 g/mol. The highest BCUT2D eigenvalue weighted by atomic mass is 35.5. The van der Waals surface area contributed by atoms with E-state index in [9.17, 15) is 0 Å². The van der Waals surface area contributed by atoms with Gasteiger partial charge in [0.15, 0.2) is 0 Å². The molecule has 4 nitrogen and oxygen atoms in total. The Balaban J connectivity index is 0.00000108. The van der Waals surface area contributed by atoms with Crippen LogP contribution < -0.4 is 0 Å². The minimum absolute atomic E-state index is 0. The number of hydrogen-bond acceptors (Lipinski definition) is 4. The van der Waals surface area contributed by atoms with Crippen LogP contribution >= 0.6 is 12.4 Å². The van der Waals surface area contributed by atoms with Crippen LogP contribution in [0.1, 0.15) is 18.6 Å². The van der Waals surface area contributed by atoms with Crippen LogP contribution in [0.5, 0.6) is 0 Å². The van der Waals surface area contributed by atoms with Crippen molar-refractivity contribution in [3.63, 3.8) is 0 Å². The summed E-state index contributed by atoms with van der Waals surface area (Å²) in [6.07, 6.45) is 5.79. The van der Waals surface area contributed by atoms with Crippen LogP contribution in [0.2, 0.25) is 0 Å². The summed E-state index contributed by atoms with van der Waals surface area (Å²) < 4.78 is 5.30. The summed E-state index contributed by atoms with van der Waals surface area (Å²) in [6.45, 7) is 2.10. The van der Waals surface area contributed by atoms with Crippen molar-refractivity contribution in [3.8, 4) is 0 Å². The smallest absolute Gasteiger partial charge is 0.128 e. The van der Waals surface area contributed by atoms with Crippen LogP contribution in [0.15, 0.2) is 33.7 Å². The van der Waals surface area contributed by atoms with Gasteiger partial charge in [0.25, 0.3) is 0 Å². The van der Waals surface area contributed by atoms with Gasteiger partial charge in [-0.3, -0.25) is 0 Å². The van der Waals surface area contributed by atoms with Crippen molar-refractivity contribution in [2.75, 3.05) is 13.1 Å². The summed E-state index contributed by atoms with van der Waals surface area (Å²) in [5.41, 5.74) is 1.83. The van der Waals surface area contributed by atoms with Crippen LogP contribution in [-0.4, -0.2) is 28.9 Å². The third-order valence-electron chi connectivity index (χ3n) is 3.41. The van der Waals surface area contributed by atoms with E-state index in [2.05, 4.69) is 10.1 Å². The fourth-order valence-electron chi connectivity index (χ4n) is 2.57. The molecule has 92 valence electrons. The number of piperidine rings is 3. The van der Waals surface area contributed by atoms with E-state index in [-0.39, 0.29) is 12.4 Å². The van der Waals surface area contributed by atoms with E-state index in [0.29, 0.717) is 5.92 Å². The minimum Gasteiger partial charge on any atom is -0.465 e. The molecule has 0 amide bonds. The fourth-order valence-corrected chi connectivity index (χ4v) is 2.57. The number of rotatable bonds is 1. The maximum atomic E-state index is 9.10. The Kier molecular flexibility index (Phi) is 3.43. The van der Waals surface area contributed by atoms with Gasteiger partial charge < -0.3 is 14.5 Å². The van der Waals surface area contributed by atoms with Crippen molar-refractivity contribution in [2.24, 2.45) is 11.1 Å². The molecule has 3 saturated heterocycles. The minimum atomic E-state index is 0. The van der Waals surface area contributed by atoms with Gasteiger partial charge in [-0.25, -0.2) is 0 Å². The van der Waals surface area contributed by atoms with E-state index in [1.165, 1.54) is 0 Å². The SMILES string of the molecule is Cl.O/N=C1/C(=C\c2ccco2)N2CCC1CC2. The summed E-state index contributed by atoms with van der Waals surface area (Å²) in [4.78, 5) is 2.26. The summed E-state index contributed by atoms with van der Waals surface area (Å²) in [5, 5.41) is 12.6. The van der Waals surface area contributed by atoms with Crippen LogP contribution in [0.3, 0.4) is 0 Å². The van der Waals surface area contributed by atoms with Gasteiger partial charge in [0.1, 0.15) is 11.5 Å². The van der Waals surface area contributed by atoms with E-state index < -0.39 is 0 Å². The molecule has 0 aliphatic carbocycles. The first-order chi connectivity index (χ1) is 7.88. The zero-order valence-electron chi connectivity index (χ0n) is 9.37. The Labute approximate surface area is 106 Å². The molecule has 0 spiro atoms. The van der Waals surface area contributed by atoms with Gasteiger partial charge in [-0.1, -0.05) is 5.16 Å². The van der Waals surface area contributed by atoms with Crippen LogP contribution in [-0.2, 0) is 0 Å². The van der Waals surface area contributed by atoms with Crippen molar-refractivity contribution in [1.82, 2.24) is 4.90 Å². The Morgan fingerprint density at radius 3 is 2.76 bits per heavy atom. The molecule has 17 heavy (non-hydrogen) atoms. The van der Waals surface area contributed by atoms with E-state index in [1.54, 1.807) is 6.26 Å². The molecule has 5 heteroatoms. The maximum absolute atomic E-state index is 9.10. The van der Waals surface area contributed by atoms with Gasteiger partial charge in [-0.15, -0.1) is 12.4 Å². The quantitative estimate of drug-likeness (QED) is 0.619. The van der Waals surface area contributed by atoms with Gasteiger partial charge in [-0.2, -0.15) is 0 Å². The molecule has 4 rings (SSSR count). The van der Waals surface area contributed by atoms with Crippen molar-refractivity contribution < 1.29 is 9.62 Å². The predicted octanol–water partition coefficient (Wildman–Crippen LogP) is 2.60. The Hall–Kier alpha value is -1.42. The molecular weight excluding hydrogens is 240 g/mol. The lowest BCUT2D eigenvalue weighted by atomic mass is 9.84. The number of nitrogens with zero attached hydrogens (tertiary/aromatic N) is 2. The van der Waals surface area contributed by atoms with Gasteiger partial charge >= 0.3 is 0 Å². The first-order valence-corrected chi connectivity index (χ1v) is 5.61. The molecule has 0 radical (unpaired) electrons. The molecule has 1 aromatic heterocycles. The van der Waals surface area contributed by atoms with Gasteiger partial charge in [0.05, 0.1) is 12.0 Å². The average Bonchev–Trinajstić information content (AvgIpc) is 2.83. The van der Waals surface area contributed by atoms with Crippen molar-refractivity contribution in [2.45, 2.75) is 12.8 Å². The van der Waals surface area contributed by atoms with Crippen LogP contribution in [0, 0.1) is 5.92 Å². The molecule has 0 aromatic carbocycles. The lowest BCUT2D eigenvalue weighted by Crippen LogP contribution is -2.46. The Bertz CT molecular complexity index is 431. The molecule has 0 unspecified atom stereocenters. The number of oxime groups is 1. The predicted molar refractivity (Wildman–Crippen MR) is 67.5 cm³/mol. The lowest BCUT2D eigenvalue weighted by molar-refractivity contribution is 0.229. The van der Waals surface area contributed by atoms with Crippen molar-refractivity contribution in [1.29, 1.82) is 0 Å². The molecule has 3 fully saturated rings. The van der Waals surface area contributed by atoms with E-state index in [4.69, 9.17) is 9.62 Å². The normalized spacial score (nSPS) is 24.4. The molecule has 4 heterocycles. The largest absolute Gasteiger partial charge is 0.465 e. The summed E-state index contributed by atoms with van der Waals surface area (Å²) in [7, 11) is 0. The molecule has 3 aliphatic heterocycles. The standard InChI is InChI=1S/C12H14N2O2.ClH/c15-13-12-9-3-5-14(6-4-9)11(12)8-10-2-1-7-16-10;/h1-2,7-9,15H,3-6H2;1H/b11-8+,13-12+;. The zero-order chi connectivity index (χ0) is 11.0. The highest BCUT2D eigenvalue weighted by Gasteiger charge is 2.35. The van der Waals surface area contributed by atoms with E-state index >= 15 is 0 Å². The molecule has 3 aliphatic rings. The monoisotopic (exact) mass is 254 g/mol. The highest BCUT2D eigenvalue weighted by molar-refractivity contribution is 6.05. The summed E-state index contributed by atoms with van der Waals surface area (Å²) in [6, 6.07) is 3.77. The first kappa shape index (κ1) is 12.0. The molecular formula is C12H15ClN2O2. The van der Waals surface area contributed by atoms with E-state index in [0.717, 1.165) is 43.1 Å². The van der Waals surface area contributed by atoms with Crippen LogP contribution in [0.25, 0.3) is 6.08 Å². The second-order valence-electron chi connectivity index (χ2n) is 4.29. The fraction of sp³-hybridized carbons (Fsp3) is 0.417. The van der Waals surface area contributed by atoms with Gasteiger partial charge in [-0.05, 0) is 25.0 Å². The summed E-state index contributed by atoms with van der Waals surface area (Å²) >= 11 is 0. The summed E-state index contributed by atoms with van der Waals surface area (Å²) in [5.74, 6) is 1.22. The first-order valence-electron chi connectivity index (χ1n) is 5.61. The van der Waals surface area contributed by atoms with Gasteiger partial charge in [0, 0.05) is 25.1 Å². The number of furan rings is 1. The van der Waals surface area contributed by atoms with Crippen molar-refractivity contribution >= 4 is 24.2 Å². The number of fused-ring (bicyclic) bond motifs is 3. The highest BCUT2D eigenvalue weighted by Crippen LogP contribution is 2.33. The molecule has 2 bridgehead atoms. The van der Waals surface area contributed by atoms with Crippen LogP contribution in [0.4, 0.5) is 0 Å². The Morgan fingerprint density at radius 1 is 1.41 bits per heavy atom. The Morgan fingerprint density at radius 2 is 2.18 bits per heavy atom. The number of allylic oxidation sites excluding steroid dienone is 1. The van der Waals surface area contributed by atoms with Gasteiger partial charge in [0.2, 0.25) is 0 Å². The van der Waals surface area contributed by atoms with E-state index in [1.807, 2.05) is 18.2 Å². The number of hydrogen-bond donors (Lipinski definition) is 1. The topological polar surface area (TPSA) is 49.0 Å². The second-order valence-corrected chi connectivity index (χ2v) is 4.29. The molecule has 1 N–H and O–H groups in total.